The van der Waals surface area contributed by atoms with E-state index in [1.807, 2.05) is 0 Å². The van der Waals surface area contributed by atoms with Crippen molar-refractivity contribution < 1.29 is 26.8 Å². The van der Waals surface area contributed by atoms with Crippen molar-refractivity contribution in [2.75, 3.05) is 4.72 Å². The van der Waals surface area contributed by atoms with Crippen LogP contribution in [0.5, 0.6) is 0 Å². The van der Waals surface area contributed by atoms with E-state index in [0.29, 0.717) is 5.76 Å². The molecular formula is C19H16FN3O5S. The van der Waals surface area contributed by atoms with Crippen LogP contribution in [0.15, 0.2) is 70.2 Å². The van der Waals surface area contributed by atoms with Gasteiger partial charge in [0.2, 0.25) is 0 Å². The van der Waals surface area contributed by atoms with Crippen molar-refractivity contribution in [3.63, 3.8) is 0 Å². The van der Waals surface area contributed by atoms with E-state index in [1.54, 1.807) is 6.92 Å². The molecule has 0 atom stereocenters. The van der Waals surface area contributed by atoms with Gasteiger partial charge in [0.25, 0.3) is 21.8 Å². The van der Waals surface area contributed by atoms with Crippen LogP contribution in [-0.4, -0.2) is 20.2 Å². The van der Waals surface area contributed by atoms with Crippen LogP contribution in [0, 0.1) is 12.7 Å². The summed E-state index contributed by atoms with van der Waals surface area (Å²) in [5.74, 6) is -1.52. The highest BCUT2D eigenvalue weighted by atomic mass is 32.2. The van der Waals surface area contributed by atoms with Gasteiger partial charge in [-0.3, -0.25) is 25.2 Å². The summed E-state index contributed by atoms with van der Waals surface area (Å²) in [5.41, 5.74) is 4.65. The topological polar surface area (TPSA) is 118 Å². The quantitative estimate of drug-likeness (QED) is 0.552. The molecule has 3 rings (SSSR count). The summed E-state index contributed by atoms with van der Waals surface area (Å²) < 4.78 is 45.6. The highest BCUT2D eigenvalue weighted by Crippen LogP contribution is 2.19. The van der Waals surface area contributed by atoms with Crippen molar-refractivity contribution in [1.29, 1.82) is 0 Å². The maximum Gasteiger partial charge on any atom is 0.273 e. The number of para-hydroxylation sites is 1. The Morgan fingerprint density at radius 1 is 0.931 bits per heavy atom. The number of nitrogens with one attached hydrogen (secondary N) is 3. The van der Waals surface area contributed by atoms with Crippen LogP contribution in [-0.2, 0) is 10.0 Å². The average molecular weight is 417 g/mol. The third kappa shape index (κ3) is 4.61. The van der Waals surface area contributed by atoms with Gasteiger partial charge in [-0.25, -0.2) is 12.8 Å². The first-order valence-corrected chi connectivity index (χ1v) is 9.78. The number of furan rings is 1. The largest absolute Gasteiger partial charge is 0.469 e. The molecule has 0 unspecified atom stereocenters. The first kappa shape index (κ1) is 20.1. The second-order valence-corrected chi connectivity index (χ2v) is 7.59. The van der Waals surface area contributed by atoms with Crippen molar-refractivity contribution in [2.24, 2.45) is 0 Å². The lowest BCUT2D eigenvalue weighted by Gasteiger charge is -2.10. The lowest BCUT2D eigenvalue weighted by molar-refractivity contribution is 0.0845. The smallest absolute Gasteiger partial charge is 0.273 e. The van der Waals surface area contributed by atoms with E-state index in [2.05, 4.69) is 15.6 Å². The summed E-state index contributed by atoms with van der Waals surface area (Å²) in [5, 5.41) is 0. The number of carbonyl (C=O) groups excluding carboxylic acids is 2. The molecule has 10 heteroatoms. The fourth-order valence-electron chi connectivity index (χ4n) is 2.41. The van der Waals surface area contributed by atoms with Gasteiger partial charge in [-0.15, -0.1) is 0 Å². The number of anilines is 1. The molecule has 150 valence electrons. The van der Waals surface area contributed by atoms with E-state index < -0.39 is 27.7 Å². The van der Waals surface area contributed by atoms with Crippen molar-refractivity contribution >= 4 is 27.5 Å². The zero-order chi connectivity index (χ0) is 21.0. The number of hydrogen-bond donors (Lipinski definition) is 3. The summed E-state index contributed by atoms with van der Waals surface area (Å²) in [6.45, 7) is 1.60. The minimum Gasteiger partial charge on any atom is -0.469 e. The number of sulfonamides is 1. The van der Waals surface area contributed by atoms with Gasteiger partial charge >= 0.3 is 0 Å². The van der Waals surface area contributed by atoms with Gasteiger partial charge in [-0.2, -0.15) is 0 Å². The SMILES string of the molecule is Cc1occc1C(=O)NNC(=O)c1ccc(S(=O)(=O)Nc2ccccc2F)cc1. The first-order valence-electron chi connectivity index (χ1n) is 8.30. The van der Waals surface area contributed by atoms with Crippen LogP contribution in [0.2, 0.25) is 0 Å². The Bertz CT molecular complexity index is 1160. The molecule has 8 nitrogen and oxygen atoms in total. The average Bonchev–Trinajstić information content (AvgIpc) is 3.13. The van der Waals surface area contributed by atoms with Gasteiger partial charge < -0.3 is 4.42 Å². The normalized spacial score (nSPS) is 11.0. The van der Waals surface area contributed by atoms with Gasteiger partial charge in [-0.1, -0.05) is 12.1 Å². The first-order chi connectivity index (χ1) is 13.8. The van der Waals surface area contributed by atoms with Crippen molar-refractivity contribution in [3.8, 4) is 0 Å². The molecule has 3 N–H and O–H groups in total. The Morgan fingerprint density at radius 3 is 2.21 bits per heavy atom. The highest BCUT2D eigenvalue weighted by Gasteiger charge is 2.17. The van der Waals surface area contributed by atoms with Crippen LogP contribution in [0.3, 0.4) is 0 Å². The highest BCUT2D eigenvalue weighted by molar-refractivity contribution is 7.92. The van der Waals surface area contributed by atoms with Crippen molar-refractivity contribution in [1.82, 2.24) is 10.9 Å². The van der Waals surface area contributed by atoms with Crippen LogP contribution >= 0.6 is 0 Å². The van der Waals surface area contributed by atoms with Crippen LogP contribution in [0.25, 0.3) is 0 Å². The number of amides is 2. The van der Waals surface area contributed by atoms with Crippen molar-refractivity contribution in [3.05, 3.63) is 83.6 Å². The molecule has 0 saturated heterocycles. The van der Waals surface area contributed by atoms with E-state index in [4.69, 9.17) is 4.42 Å². The van der Waals surface area contributed by atoms with Gasteiger partial charge in [0.05, 0.1) is 22.4 Å². The zero-order valence-corrected chi connectivity index (χ0v) is 15.9. The van der Waals surface area contributed by atoms with Gasteiger partial charge in [-0.05, 0) is 49.4 Å². The van der Waals surface area contributed by atoms with E-state index in [-0.39, 0.29) is 21.7 Å². The van der Waals surface area contributed by atoms with Gasteiger partial charge in [0, 0.05) is 5.56 Å². The molecule has 0 radical (unpaired) electrons. The Kier molecular flexibility index (Phi) is 5.64. The Labute approximate surface area is 165 Å². The number of aryl methyl sites for hydroxylation is 1. The zero-order valence-electron chi connectivity index (χ0n) is 15.1. The molecule has 3 aromatic rings. The number of rotatable bonds is 5. The lowest BCUT2D eigenvalue weighted by atomic mass is 10.2. The molecular weight excluding hydrogens is 401 g/mol. The predicted octanol–water partition coefficient (Wildman–Crippen LogP) is 2.60. The third-order valence-corrected chi connectivity index (χ3v) is 5.32. The van der Waals surface area contributed by atoms with E-state index in [1.165, 1.54) is 54.8 Å². The maximum absolute atomic E-state index is 13.7. The number of hydrazine groups is 1. The minimum absolute atomic E-state index is 0.110. The third-order valence-electron chi connectivity index (χ3n) is 3.94. The standard InChI is InChI=1S/C19H16FN3O5S/c1-12-15(10-11-28-12)19(25)22-21-18(24)13-6-8-14(9-7-13)29(26,27)23-17-5-3-2-4-16(17)20/h2-11,23H,1H3,(H,21,24)(H,22,25). The summed E-state index contributed by atoms with van der Waals surface area (Å²) >= 11 is 0. The van der Waals surface area contributed by atoms with Gasteiger partial charge in [0.1, 0.15) is 11.6 Å². The molecule has 1 heterocycles. The molecule has 0 aliphatic rings. The minimum atomic E-state index is -4.04. The molecule has 0 saturated carbocycles. The molecule has 0 aliphatic carbocycles. The number of benzene rings is 2. The lowest BCUT2D eigenvalue weighted by Crippen LogP contribution is -2.41. The monoisotopic (exact) mass is 417 g/mol. The Hall–Kier alpha value is -3.66. The molecule has 29 heavy (non-hydrogen) atoms. The molecule has 0 spiro atoms. The van der Waals surface area contributed by atoms with Crippen LogP contribution < -0.4 is 15.6 Å². The molecule has 2 aromatic carbocycles. The molecule has 0 fully saturated rings. The number of halogens is 1. The van der Waals surface area contributed by atoms with E-state index in [9.17, 15) is 22.4 Å². The molecule has 0 aliphatic heterocycles. The summed E-state index contributed by atoms with van der Waals surface area (Å²) in [6, 6.07) is 11.7. The molecule has 2 amide bonds. The predicted molar refractivity (Wildman–Crippen MR) is 102 cm³/mol. The number of carbonyl (C=O) groups is 2. The fraction of sp³-hybridized carbons (Fsp3) is 0.0526. The van der Waals surface area contributed by atoms with Crippen molar-refractivity contribution in [2.45, 2.75) is 11.8 Å². The second kappa shape index (κ2) is 8.15. The summed E-state index contributed by atoms with van der Waals surface area (Å²) in [6.07, 6.45) is 1.35. The molecule has 1 aromatic heterocycles. The van der Waals surface area contributed by atoms with E-state index >= 15 is 0 Å². The second-order valence-electron chi connectivity index (χ2n) is 5.91. The Morgan fingerprint density at radius 2 is 1.59 bits per heavy atom. The van der Waals surface area contributed by atoms with Gasteiger partial charge in [0.15, 0.2) is 0 Å². The van der Waals surface area contributed by atoms with Crippen LogP contribution in [0.4, 0.5) is 10.1 Å². The van der Waals surface area contributed by atoms with E-state index in [0.717, 1.165) is 6.07 Å². The Balaban J connectivity index is 1.66. The van der Waals surface area contributed by atoms with Crippen LogP contribution in [0.1, 0.15) is 26.5 Å². The summed E-state index contributed by atoms with van der Waals surface area (Å²) in [7, 11) is -4.04. The maximum atomic E-state index is 13.7. The number of hydrogen-bond acceptors (Lipinski definition) is 5. The fourth-order valence-corrected chi connectivity index (χ4v) is 3.47. The summed E-state index contributed by atoms with van der Waals surface area (Å²) in [4.78, 5) is 23.9. The molecule has 0 bridgehead atoms.